The molecule has 0 aromatic heterocycles. The van der Waals surface area contributed by atoms with Crippen molar-refractivity contribution in [3.05, 3.63) is 42.5 Å². The molecule has 13 heteroatoms. The maximum Gasteiger partial charge on any atom is 0.265 e. The van der Waals surface area contributed by atoms with Gasteiger partial charge in [0.25, 0.3) is 5.91 Å². The van der Waals surface area contributed by atoms with Gasteiger partial charge < -0.3 is 19.5 Å². The molecule has 1 amide bonds. The first-order valence-electron chi connectivity index (χ1n) is 10.7. The van der Waals surface area contributed by atoms with Crippen LogP contribution in [0.4, 0.5) is 11.4 Å². The number of nitrogens with zero attached hydrogens (tertiary/aromatic N) is 2. The third kappa shape index (κ3) is 6.42. The minimum Gasteiger partial charge on any atom is -0.495 e. The van der Waals surface area contributed by atoms with Gasteiger partial charge in [-0.2, -0.15) is 4.31 Å². The molecule has 1 aliphatic rings. The first kappa shape index (κ1) is 26.7. The lowest BCUT2D eigenvalue weighted by atomic mass is 10.2. The predicted octanol–water partition coefficient (Wildman–Crippen LogP) is 1.52. The van der Waals surface area contributed by atoms with Gasteiger partial charge >= 0.3 is 0 Å². The summed E-state index contributed by atoms with van der Waals surface area (Å²) in [7, 11) is -4.33. The number of anilines is 2. The predicted molar refractivity (Wildman–Crippen MR) is 131 cm³/mol. The molecule has 0 radical (unpaired) electrons. The fourth-order valence-corrected chi connectivity index (χ4v) is 5.24. The number of sulfonamides is 2. The highest BCUT2D eigenvalue weighted by Gasteiger charge is 2.28. The average molecular weight is 528 g/mol. The van der Waals surface area contributed by atoms with Crippen molar-refractivity contribution in [3.63, 3.8) is 0 Å². The van der Waals surface area contributed by atoms with E-state index in [-0.39, 0.29) is 23.7 Å². The van der Waals surface area contributed by atoms with Crippen molar-refractivity contribution in [2.75, 3.05) is 56.3 Å². The highest BCUT2D eigenvalue weighted by molar-refractivity contribution is 7.92. The van der Waals surface area contributed by atoms with E-state index in [0.29, 0.717) is 30.4 Å². The van der Waals surface area contributed by atoms with Gasteiger partial charge in [-0.3, -0.25) is 9.10 Å². The highest BCUT2D eigenvalue weighted by atomic mass is 32.2. The number of benzene rings is 2. The number of hydrogen-bond donors (Lipinski definition) is 1. The van der Waals surface area contributed by atoms with Gasteiger partial charge in [-0.05, 0) is 49.4 Å². The van der Waals surface area contributed by atoms with Crippen LogP contribution < -0.4 is 19.1 Å². The molecule has 0 spiro atoms. The smallest absolute Gasteiger partial charge is 0.265 e. The topological polar surface area (TPSA) is 132 Å². The molecule has 2 aromatic rings. The Balaban J connectivity index is 1.73. The summed E-state index contributed by atoms with van der Waals surface area (Å²) >= 11 is 0. The fourth-order valence-electron chi connectivity index (χ4n) is 3.30. The van der Waals surface area contributed by atoms with Gasteiger partial charge in [0.15, 0.2) is 6.10 Å². The van der Waals surface area contributed by atoms with Crippen LogP contribution in [-0.4, -0.2) is 79.9 Å². The second-order valence-electron chi connectivity index (χ2n) is 7.85. The molecule has 35 heavy (non-hydrogen) atoms. The first-order chi connectivity index (χ1) is 16.4. The molecule has 1 N–H and O–H groups in total. The molecular weight excluding hydrogens is 498 g/mol. The summed E-state index contributed by atoms with van der Waals surface area (Å²) in [4.78, 5) is 12.8. The van der Waals surface area contributed by atoms with Gasteiger partial charge in [-0.1, -0.05) is 0 Å². The van der Waals surface area contributed by atoms with E-state index in [1.165, 1.54) is 43.6 Å². The number of hydrogen-bond acceptors (Lipinski definition) is 8. The van der Waals surface area contributed by atoms with Crippen LogP contribution in [0.25, 0.3) is 0 Å². The maximum absolute atomic E-state index is 13.0. The zero-order valence-corrected chi connectivity index (χ0v) is 21.6. The minimum absolute atomic E-state index is 0.0228. The number of nitrogens with one attached hydrogen (secondary N) is 1. The summed E-state index contributed by atoms with van der Waals surface area (Å²) in [6.07, 6.45) is 0.150. The minimum atomic E-state index is -3.77. The molecule has 1 aliphatic heterocycles. The van der Waals surface area contributed by atoms with E-state index in [1.807, 2.05) is 0 Å². The number of methoxy groups -OCH3 is 1. The molecule has 1 fully saturated rings. The Kier molecular flexibility index (Phi) is 8.26. The molecule has 11 nitrogen and oxygen atoms in total. The summed E-state index contributed by atoms with van der Waals surface area (Å²) in [5.41, 5.74) is 0.632. The van der Waals surface area contributed by atoms with Gasteiger partial charge in [-0.25, -0.2) is 16.8 Å². The molecule has 0 saturated carbocycles. The van der Waals surface area contributed by atoms with Gasteiger partial charge in [0, 0.05) is 20.1 Å². The van der Waals surface area contributed by atoms with Crippen LogP contribution in [0.15, 0.2) is 47.4 Å². The van der Waals surface area contributed by atoms with Crippen LogP contribution in [0.1, 0.15) is 6.92 Å². The SMILES string of the molecule is COc1ccc(S(=O)(=O)N2CCOCC2)cc1NC(=O)C(C)Oc1ccc(N(C)S(C)(=O)=O)cc1. The van der Waals surface area contributed by atoms with Crippen LogP contribution >= 0.6 is 0 Å². The molecule has 0 aliphatic carbocycles. The van der Waals surface area contributed by atoms with Crippen molar-refractivity contribution in [2.45, 2.75) is 17.9 Å². The van der Waals surface area contributed by atoms with Crippen LogP contribution in [0, 0.1) is 0 Å². The van der Waals surface area contributed by atoms with Gasteiger partial charge in [-0.15, -0.1) is 0 Å². The molecule has 3 rings (SSSR count). The van der Waals surface area contributed by atoms with Crippen LogP contribution in [0.2, 0.25) is 0 Å². The number of carbonyl (C=O) groups excluding carboxylic acids is 1. The molecule has 192 valence electrons. The standard InChI is InChI=1S/C22H29N3O8S2/c1-16(33-18-7-5-17(6-8-18)24(2)34(4,27)28)22(26)23-20-15-19(9-10-21(20)31-3)35(29,30)25-11-13-32-14-12-25/h5-10,15-16H,11-14H2,1-4H3,(H,23,26). The van der Waals surface area contributed by atoms with E-state index < -0.39 is 32.1 Å². The van der Waals surface area contributed by atoms with Crippen molar-refractivity contribution >= 4 is 37.3 Å². The number of morpholine rings is 1. The quantitative estimate of drug-likeness (QED) is 0.519. The fraction of sp³-hybridized carbons (Fsp3) is 0.409. The summed E-state index contributed by atoms with van der Waals surface area (Å²) in [5.74, 6) is 0.120. The van der Waals surface area contributed by atoms with Gasteiger partial charge in [0.05, 0.1) is 42.8 Å². The Labute approximate surface area is 205 Å². The van der Waals surface area contributed by atoms with Crippen LogP contribution in [0.3, 0.4) is 0 Å². The molecular formula is C22H29N3O8S2. The van der Waals surface area contributed by atoms with Crippen LogP contribution in [-0.2, 0) is 29.6 Å². The third-order valence-electron chi connectivity index (χ3n) is 5.42. The van der Waals surface area contributed by atoms with E-state index in [2.05, 4.69) is 5.32 Å². The lowest BCUT2D eigenvalue weighted by molar-refractivity contribution is -0.122. The molecule has 2 aromatic carbocycles. The van der Waals surface area contributed by atoms with Crippen molar-refractivity contribution in [1.29, 1.82) is 0 Å². The zero-order chi connectivity index (χ0) is 25.8. The number of rotatable bonds is 9. The summed E-state index contributed by atoms with van der Waals surface area (Å²) in [6.45, 7) is 2.67. The van der Waals surface area contributed by atoms with Crippen molar-refractivity contribution < 1.29 is 35.8 Å². The normalized spacial score (nSPS) is 15.8. The Morgan fingerprint density at radius 3 is 2.29 bits per heavy atom. The monoisotopic (exact) mass is 527 g/mol. The molecule has 1 saturated heterocycles. The maximum atomic E-state index is 13.0. The van der Waals surface area contributed by atoms with Crippen molar-refractivity contribution in [2.24, 2.45) is 0 Å². The van der Waals surface area contributed by atoms with E-state index in [4.69, 9.17) is 14.2 Å². The summed E-state index contributed by atoms with van der Waals surface area (Å²) in [5, 5.41) is 2.66. The first-order valence-corrected chi connectivity index (χ1v) is 14.0. The summed E-state index contributed by atoms with van der Waals surface area (Å²) in [6, 6.07) is 10.5. The number of ether oxygens (including phenoxy) is 3. The highest BCUT2D eigenvalue weighted by Crippen LogP contribution is 2.30. The second kappa shape index (κ2) is 10.8. The Morgan fingerprint density at radius 1 is 1.09 bits per heavy atom. The molecule has 0 bridgehead atoms. The zero-order valence-electron chi connectivity index (χ0n) is 19.9. The van der Waals surface area contributed by atoms with E-state index in [1.54, 1.807) is 24.3 Å². The molecule has 1 atom stereocenters. The van der Waals surface area contributed by atoms with Gasteiger partial charge in [0.1, 0.15) is 11.5 Å². The Bertz CT molecular complexity index is 1260. The van der Waals surface area contributed by atoms with E-state index >= 15 is 0 Å². The third-order valence-corrected chi connectivity index (χ3v) is 8.52. The average Bonchev–Trinajstić information content (AvgIpc) is 2.84. The number of amides is 1. The van der Waals surface area contributed by atoms with Crippen molar-refractivity contribution in [3.8, 4) is 11.5 Å². The van der Waals surface area contributed by atoms with E-state index in [0.717, 1.165) is 10.6 Å². The Morgan fingerprint density at radius 2 is 1.71 bits per heavy atom. The Hall–Kier alpha value is -2.87. The largest absolute Gasteiger partial charge is 0.495 e. The van der Waals surface area contributed by atoms with Gasteiger partial charge in [0.2, 0.25) is 20.0 Å². The van der Waals surface area contributed by atoms with Crippen molar-refractivity contribution in [1.82, 2.24) is 4.31 Å². The van der Waals surface area contributed by atoms with E-state index in [9.17, 15) is 21.6 Å². The summed E-state index contributed by atoms with van der Waals surface area (Å²) < 4.78 is 68.0. The molecule has 1 unspecified atom stereocenters. The van der Waals surface area contributed by atoms with Crippen LogP contribution in [0.5, 0.6) is 11.5 Å². The second-order valence-corrected chi connectivity index (χ2v) is 11.8. The number of carbonyl (C=O) groups is 1. The lowest BCUT2D eigenvalue weighted by Gasteiger charge is -2.26. The lowest BCUT2D eigenvalue weighted by Crippen LogP contribution is -2.40. The molecule has 1 heterocycles.